The molecule has 0 aliphatic carbocycles. The average Bonchev–Trinajstić information content (AvgIpc) is 3.34. The Bertz CT molecular complexity index is 1080. The predicted octanol–water partition coefficient (Wildman–Crippen LogP) is 3.26. The molecule has 0 radical (unpaired) electrons. The van der Waals surface area contributed by atoms with E-state index in [0.29, 0.717) is 23.9 Å². The third kappa shape index (κ3) is 4.03. The number of amides is 1. The van der Waals surface area contributed by atoms with Crippen molar-refractivity contribution in [3.8, 4) is 17.1 Å². The van der Waals surface area contributed by atoms with Crippen molar-refractivity contribution >= 4 is 16.8 Å². The summed E-state index contributed by atoms with van der Waals surface area (Å²) in [6.45, 7) is -0.151. The average molecular weight is 376 g/mol. The van der Waals surface area contributed by atoms with E-state index in [2.05, 4.69) is 33.5 Å². The molecule has 28 heavy (non-hydrogen) atoms. The molecule has 0 saturated carbocycles. The Morgan fingerprint density at radius 1 is 1.11 bits per heavy atom. The fourth-order valence-electron chi connectivity index (χ4n) is 3.10. The van der Waals surface area contributed by atoms with E-state index < -0.39 is 5.91 Å². The SMILES string of the molecule is NC(=O)COc1ccc(-c2noc(CCCc3c[nH]c4ccccc34)n2)cc1. The highest BCUT2D eigenvalue weighted by molar-refractivity contribution is 5.83. The molecule has 0 fully saturated rings. The summed E-state index contributed by atoms with van der Waals surface area (Å²) in [7, 11) is 0. The summed E-state index contributed by atoms with van der Waals surface area (Å²) in [4.78, 5) is 18.5. The Labute approximate surface area is 161 Å². The van der Waals surface area contributed by atoms with Crippen LogP contribution < -0.4 is 10.5 Å². The van der Waals surface area contributed by atoms with Gasteiger partial charge in [-0.1, -0.05) is 23.4 Å². The number of ether oxygens (including phenoxy) is 1. The smallest absolute Gasteiger partial charge is 0.255 e. The summed E-state index contributed by atoms with van der Waals surface area (Å²) < 4.78 is 10.6. The third-order valence-corrected chi connectivity index (χ3v) is 4.47. The van der Waals surface area contributed by atoms with Gasteiger partial charge in [0.2, 0.25) is 11.7 Å². The molecule has 2 aromatic heterocycles. The van der Waals surface area contributed by atoms with Crippen LogP contribution in [0.3, 0.4) is 0 Å². The van der Waals surface area contributed by atoms with Crippen molar-refractivity contribution in [3.63, 3.8) is 0 Å². The lowest BCUT2D eigenvalue weighted by molar-refractivity contribution is -0.119. The zero-order valence-electron chi connectivity index (χ0n) is 15.2. The van der Waals surface area contributed by atoms with Gasteiger partial charge in [0.25, 0.3) is 5.91 Å². The normalized spacial score (nSPS) is 11.0. The first-order valence-corrected chi connectivity index (χ1v) is 9.08. The number of fused-ring (bicyclic) bond motifs is 1. The van der Waals surface area contributed by atoms with Crippen LogP contribution in [0.4, 0.5) is 0 Å². The van der Waals surface area contributed by atoms with Crippen molar-refractivity contribution in [1.29, 1.82) is 0 Å². The van der Waals surface area contributed by atoms with Crippen molar-refractivity contribution in [2.24, 2.45) is 5.73 Å². The molecule has 4 aromatic rings. The number of aromatic amines is 1. The van der Waals surface area contributed by atoms with E-state index in [9.17, 15) is 4.79 Å². The maximum atomic E-state index is 10.8. The largest absolute Gasteiger partial charge is 0.484 e. The van der Waals surface area contributed by atoms with Crippen LogP contribution in [-0.2, 0) is 17.6 Å². The highest BCUT2D eigenvalue weighted by atomic mass is 16.5. The van der Waals surface area contributed by atoms with Crippen LogP contribution in [0.1, 0.15) is 17.9 Å². The van der Waals surface area contributed by atoms with Crippen LogP contribution in [0.25, 0.3) is 22.3 Å². The van der Waals surface area contributed by atoms with Crippen LogP contribution in [0.2, 0.25) is 0 Å². The fourth-order valence-corrected chi connectivity index (χ4v) is 3.10. The third-order valence-electron chi connectivity index (χ3n) is 4.47. The van der Waals surface area contributed by atoms with Gasteiger partial charge in [-0.3, -0.25) is 4.79 Å². The van der Waals surface area contributed by atoms with Gasteiger partial charge in [-0.05, 0) is 48.7 Å². The minimum Gasteiger partial charge on any atom is -0.484 e. The molecule has 142 valence electrons. The lowest BCUT2D eigenvalue weighted by Crippen LogP contribution is -2.19. The Morgan fingerprint density at radius 3 is 2.75 bits per heavy atom. The number of carbonyl (C=O) groups excluding carboxylic acids is 1. The second-order valence-electron chi connectivity index (χ2n) is 6.50. The lowest BCUT2D eigenvalue weighted by Gasteiger charge is -2.03. The van der Waals surface area contributed by atoms with Gasteiger partial charge in [0.05, 0.1) is 0 Å². The highest BCUT2D eigenvalue weighted by Crippen LogP contribution is 2.22. The van der Waals surface area contributed by atoms with Crippen molar-refractivity contribution in [1.82, 2.24) is 15.1 Å². The molecule has 2 aromatic carbocycles. The van der Waals surface area contributed by atoms with E-state index in [1.165, 1.54) is 10.9 Å². The monoisotopic (exact) mass is 376 g/mol. The molecule has 1 amide bonds. The number of hydrogen-bond donors (Lipinski definition) is 2. The Morgan fingerprint density at radius 2 is 1.93 bits per heavy atom. The molecule has 7 nitrogen and oxygen atoms in total. The summed E-state index contributed by atoms with van der Waals surface area (Å²) >= 11 is 0. The van der Waals surface area contributed by atoms with E-state index in [4.69, 9.17) is 15.0 Å². The number of carbonyl (C=O) groups is 1. The standard InChI is InChI=1S/C21H20N4O3/c22-19(26)13-27-16-10-8-14(9-11-16)21-24-20(28-25-21)7-3-4-15-12-23-18-6-2-1-5-17(15)18/h1-2,5-6,8-12,23H,3-4,7,13H2,(H2,22,26). The second-order valence-corrected chi connectivity index (χ2v) is 6.50. The zero-order valence-corrected chi connectivity index (χ0v) is 15.2. The number of H-pyrrole nitrogens is 1. The summed E-state index contributed by atoms with van der Waals surface area (Å²) in [6.07, 6.45) is 4.63. The highest BCUT2D eigenvalue weighted by Gasteiger charge is 2.10. The molecule has 7 heteroatoms. The Hall–Kier alpha value is -3.61. The van der Waals surface area contributed by atoms with E-state index in [1.807, 2.05) is 24.3 Å². The summed E-state index contributed by atoms with van der Waals surface area (Å²) in [6, 6.07) is 15.4. The molecule has 2 heterocycles. The quantitative estimate of drug-likeness (QED) is 0.491. The van der Waals surface area contributed by atoms with Crippen molar-refractivity contribution in [2.45, 2.75) is 19.3 Å². The number of nitrogens with one attached hydrogen (secondary N) is 1. The minimum absolute atomic E-state index is 0.151. The molecule has 0 spiro atoms. The van der Waals surface area contributed by atoms with Crippen LogP contribution in [0, 0.1) is 0 Å². The van der Waals surface area contributed by atoms with Crippen LogP contribution >= 0.6 is 0 Å². The Balaban J connectivity index is 1.34. The van der Waals surface area contributed by atoms with E-state index in [-0.39, 0.29) is 6.61 Å². The molecular formula is C21H20N4O3. The second kappa shape index (κ2) is 7.96. The van der Waals surface area contributed by atoms with Gasteiger partial charge in [-0.15, -0.1) is 0 Å². The van der Waals surface area contributed by atoms with Gasteiger partial charge in [-0.25, -0.2) is 0 Å². The summed E-state index contributed by atoms with van der Waals surface area (Å²) in [5.41, 5.74) is 8.33. The number of benzene rings is 2. The van der Waals surface area contributed by atoms with Gasteiger partial charge in [0, 0.05) is 29.1 Å². The molecule has 3 N–H and O–H groups in total. The summed E-state index contributed by atoms with van der Waals surface area (Å²) in [5, 5.41) is 5.31. The molecule has 4 rings (SSSR count). The summed E-state index contributed by atoms with van der Waals surface area (Å²) in [5.74, 6) is 1.19. The molecule has 0 aliphatic heterocycles. The topological polar surface area (TPSA) is 107 Å². The Kier molecular flexibility index (Phi) is 5.05. The number of aryl methyl sites for hydroxylation is 2. The van der Waals surface area contributed by atoms with Crippen molar-refractivity contribution in [2.75, 3.05) is 6.61 Å². The van der Waals surface area contributed by atoms with Gasteiger partial charge in [-0.2, -0.15) is 4.98 Å². The molecule has 0 bridgehead atoms. The van der Waals surface area contributed by atoms with E-state index in [1.54, 1.807) is 12.1 Å². The fraction of sp³-hybridized carbons (Fsp3) is 0.190. The van der Waals surface area contributed by atoms with Gasteiger partial charge >= 0.3 is 0 Å². The number of aromatic nitrogens is 3. The first-order chi connectivity index (χ1) is 13.7. The number of para-hydroxylation sites is 1. The zero-order chi connectivity index (χ0) is 19.3. The van der Waals surface area contributed by atoms with E-state index >= 15 is 0 Å². The van der Waals surface area contributed by atoms with E-state index in [0.717, 1.165) is 23.9 Å². The van der Waals surface area contributed by atoms with Crippen molar-refractivity contribution in [3.05, 3.63) is 66.2 Å². The predicted molar refractivity (Wildman–Crippen MR) is 105 cm³/mol. The first-order valence-electron chi connectivity index (χ1n) is 9.08. The minimum atomic E-state index is -0.514. The van der Waals surface area contributed by atoms with Crippen LogP contribution in [0.15, 0.2) is 59.3 Å². The van der Waals surface area contributed by atoms with Gasteiger partial charge < -0.3 is 20.0 Å². The first kappa shape index (κ1) is 17.8. The molecule has 0 unspecified atom stereocenters. The maximum absolute atomic E-state index is 10.8. The lowest BCUT2D eigenvalue weighted by atomic mass is 10.1. The number of primary amides is 1. The number of nitrogens with zero attached hydrogens (tertiary/aromatic N) is 2. The van der Waals surface area contributed by atoms with Gasteiger partial charge in [0.15, 0.2) is 6.61 Å². The number of hydrogen-bond acceptors (Lipinski definition) is 5. The van der Waals surface area contributed by atoms with Gasteiger partial charge in [0.1, 0.15) is 5.75 Å². The van der Waals surface area contributed by atoms with Crippen LogP contribution in [-0.4, -0.2) is 27.6 Å². The number of nitrogens with two attached hydrogens (primary N) is 1. The molecule has 0 atom stereocenters. The molecule has 0 aliphatic rings. The maximum Gasteiger partial charge on any atom is 0.255 e. The molecular weight excluding hydrogens is 356 g/mol. The number of rotatable bonds is 8. The van der Waals surface area contributed by atoms with Crippen molar-refractivity contribution < 1.29 is 14.1 Å². The molecule has 0 saturated heterocycles. The van der Waals surface area contributed by atoms with Crippen LogP contribution in [0.5, 0.6) is 5.75 Å².